The maximum Gasteiger partial charge on any atom is 0.243 e. The molecule has 12 nitrogen and oxygen atoms in total. The molecule has 2 saturated heterocycles. The molecular weight excluding hydrogens is 576 g/mol. The lowest BCUT2D eigenvalue weighted by atomic mass is 9.92. The Kier molecular flexibility index (Phi) is 11.3. The standard InChI is InChI=1S/C30H42N4O8S/c1-20(31-27(35)18-34-12-14-43(39,40)15-13-34)29(37)33-25(17-22-8-10-23(41-2)11-9-22)30(38)32-24(28(36)26-19-42-26)16-21-6-4-3-5-7-21/h6,8-11,20,24-26H,3-5,7,12-19H2,1-2H3,(H,31,35)(H,32,38)(H,33,37)/t20-,24-,25-,26+/m0/s1. The number of carbonyl (C=O) groups excluding carboxylic acids is 4. The van der Waals surface area contributed by atoms with Gasteiger partial charge in [0.2, 0.25) is 17.7 Å². The van der Waals surface area contributed by atoms with E-state index in [1.54, 1.807) is 36.3 Å². The van der Waals surface area contributed by atoms with Crippen LogP contribution in [0.15, 0.2) is 35.9 Å². The van der Waals surface area contributed by atoms with E-state index in [4.69, 9.17) is 9.47 Å². The molecule has 0 radical (unpaired) electrons. The fourth-order valence-corrected chi connectivity index (χ4v) is 6.53. The lowest BCUT2D eigenvalue weighted by molar-refractivity contribution is -0.133. The van der Waals surface area contributed by atoms with Crippen LogP contribution in [-0.2, 0) is 40.2 Å². The monoisotopic (exact) mass is 618 g/mol. The van der Waals surface area contributed by atoms with Gasteiger partial charge in [-0.25, -0.2) is 8.42 Å². The van der Waals surface area contributed by atoms with E-state index in [0.29, 0.717) is 18.8 Å². The fraction of sp³-hybridized carbons (Fsp3) is 0.600. The van der Waals surface area contributed by atoms with Crippen LogP contribution in [0, 0.1) is 0 Å². The average Bonchev–Trinajstić information content (AvgIpc) is 3.84. The second kappa shape index (κ2) is 14.9. The van der Waals surface area contributed by atoms with E-state index in [1.807, 2.05) is 0 Å². The van der Waals surface area contributed by atoms with E-state index in [0.717, 1.165) is 36.8 Å². The molecule has 1 aliphatic carbocycles. The number of epoxide rings is 1. The summed E-state index contributed by atoms with van der Waals surface area (Å²) in [5.74, 6) is -1.04. The first-order valence-corrected chi connectivity index (χ1v) is 16.6. The van der Waals surface area contributed by atoms with Gasteiger partial charge in [-0.15, -0.1) is 0 Å². The first-order chi connectivity index (χ1) is 20.5. The first kappa shape index (κ1) is 32.6. The van der Waals surface area contributed by atoms with Crippen molar-refractivity contribution in [3.05, 3.63) is 41.5 Å². The number of nitrogens with zero attached hydrogens (tertiary/aromatic N) is 1. The fourth-order valence-electron chi connectivity index (χ4n) is 5.25. The molecule has 3 amide bonds. The number of nitrogens with one attached hydrogen (secondary N) is 3. The molecule has 13 heteroatoms. The van der Waals surface area contributed by atoms with Gasteiger partial charge in [0.1, 0.15) is 23.9 Å². The topological polar surface area (TPSA) is 164 Å². The second-order valence-corrected chi connectivity index (χ2v) is 13.7. The Morgan fingerprint density at radius 3 is 2.26 bits per heavy atom. The highest BCUT2D eigenvalue weighted by molar-refractivity contribution is 7.91. The quantitative estimate of drug-likeness (QED) is 0.197. The summed E-state index contributed by atoms with van der Waals surface area (Å²) in [7, 11) is -1.52. The summed E-state index contributed by atoms with van der Waals surface area (Å²) in [6.07, 6.45) is 6.11. The number of benzene rings is 1. The number of methoxy groups -OCH3 is 1. The highest BCUT2D eigenvalue weighted by atomic mass is 32.2. The van der Waals surface area contributed by atoms with Crippen molar-refractivity contribution in [3.63, 3.8) is 0 Å². The molecule has 3 N–H and O–H groups in total. The summed E-state index contributed by atoms with van der Waals surface area (Å²) in [6.45, 7) is 2.32. The summed E-state index contributed by atoms with van der Waals surface area (Å²) in [6, 6.07) is 4.34. The van der Waals surface area contributed by atoms with Gasteiger partial charge < -0.3 is 25.4 Å². The van der Waals surface area contributed by atoms with Crippen LogP contribution in [-0.4, -0.2) is 106 Å². The highest BCUT2D eigenvalue weighted by Gasteiger charge is 2.38. The molecule has 0 saturated carbocycles. The number of amides is 3. The van der Waals surface area contributed by atoms with Crippen LogP contribution in [0.25, 0.3) is 0 Å². The molecule has 1 aromatic rings. The molecule has 43 heavy (non-hydrogen) atoms. The molecule has 0 aromatic heterocycles. The number of ether oxygens (including phenoxy) is 2. The Labute approximate surface area is 252 Å². The summed E-state index contributed by atoms with van der Waals surface area (Å²) < 4.78 is 33.8. The number of sulfone groups is 1. The maximum absolute atomic E-state index is 13.7. The number of rotatable bonds is 14. The summed E-state index contributed by atoms with van der Waals surface area (Å²) in [5.41, 5.74) is 1.89. The van der Waals surface area contributed by atoms with Crippen LogP contribution >= 0.6 is 0 Å². The third-order valence-electron chi connectivity index (χ3n) is 7.97. The summed E-state index contributed by atoms with van der Waals surface area (Å²) in [5, 5.41) is 8.28. The number of allylic oxidation sites excluding steroid dienone is 1. The number of Topliss-reactive ketones (excluding diaryl/α,β-unsaturated/α-hetero) is 1. The van der Waals surface area contributed by atoms with Crippen molar-refractivity contribution in [1.82, 2.24) is 20.9 Å². The predicted octanol–water partition coefficient (Wildman–Crippen LogP) is 0.301. The van der Waals surface area contributed by atoms with Crippen LogP contribution in [0.4, 0.5) is 0 Å². The normalized spacial score (nSPS) is 21.8. The van der Waals surface area contributed by atoms with Crippen LogP contribution in [0.2, 0.25) is 0 Å². The maximum atomic E-state index is 13.7. The van der Waals surface area contributed by atoms with Crippen LogP contribution in [0.1, 0.15) is 44.6 Å². The molecule has 0 spiro atoms. The van der Waals surface area contributed by atoms with Gasteiger partial charge in [0.25, 0.3) is 0 Å². The van der Waals surface area contributed by atoms with E-state index in [-0.39, 0.29) is 43.3 Å². The molecular formula is C30H42N4O8S. The summed E-state index contributed by atoms with van der Waals surface area (Å²) in [4.78, 5) is 54.3. The minimum absolute atomic E-state index is 0.00781. The zero-order chi connectivity index (χ0) is 31.0. The molecule has 2 fully saturated rings. The highest BCUT2D eigenvalue weighted by Crippen LogP contribution is 2.24. The zero-order valence-corrected chi connectivity index (χ0v) is 25.6. The Hall–Kier alpha value is -3.29. The van der Waals surface area contributed by atoms with Gasteiger partial charge in [0.15, 0.2) is 15.6 Å². The van der Waals surface area contributed by atoms with Gasteiger partial charge in [0, 0.05) is 19.5 Å². The third kappa shape index (κ3) is 10.1. The zero-order valence-electron chi connectivity index (χ0n) is 24.8. The molecule has 2 heterocycles. The lowest BCUT2D eigenvalue weighted by Gasteiger charge is -2.27. The first-order valence-electron chi connectivity index (χ1n) is 14.8. The van der Waals surface area contributed by atoms with Crippen molar-refractivity contribution in [2.45, 2.75) is 69.7 Å². The largest absolute Gasteiger partial charge is 0.497 e. The van der Waals surface area contributed by atoms with E-state index in [9.17, 15) is 27.6 Å². The molecule has 4 atom stereocenters. The van der Waals surface area contributed by atoms with Gasteiger partial charge in [-0.05, 0) is 56.7 Å². The number of carbonyl (C=O) groups is 4. The van der Waals surface area contributed by atoms with Crippen molar-refractivity contribution in [1.29, 1.82) is 0 Å². The Balaban J connectivity index is 1.42. The minimum Gasteiger partial charge on any atom is -0.497 e. The molecule has 0 bridgehead atoms. The van der Waals surface area contributed by atoms with Crippen LogP contribution < -0.4 is 20.7 Å². The van der Waals surface area contributed by atoms with E-state index in [1.165, 1.54) is 6.92 Å². The average molecular weight is 619 g/mol. The molecule has 0 unspecified atom stereocenters. The van der Waals surface area contributed by atoms with Crippen LogP contribution in [0.5, 0.6) is 5.75 Å². The van der Waals surface area contributed by atoms with Crippen molar-refractivity contribution < 1.29 is 37.1 Å². The molecule has 3 aliphatic rings. The number of hydrogen-bond donors (Lipinski definition) is 3. The molecule has 2 aliphatic heterocycles. The van der Waals surface area contributed by atoms with Gasteiger partial charge in [-0.2, -0.15) is 0 Å². The molecule has 236 valence electrons. The van der Waals surface area contributed by atoms with E-state index < -0.39 is 51.8 Å². The molecule has 4 rings (SSSR count). The van der Waals surface area contributed by atoms with Crippen molar-refractivity contribution in [2.75, 3.05) is 44.9 Å². The summed E-state index contributed by atoms with van der Waals surface area (Å²) >= 11 is 0. The molecule has 1 aromatic carbocycles. The Bertz CT molecular complexity index is 1300. The second-order valence-electron chi connectivity index (χ2n) is 11.4. The van der Waals surface area contributed by atoms with Crippen molar-refractivity contribution in [3.8, 4) is 5.75 Å². The third-order valence-corrected chi connectivity index (χ3v) is 9.58. The van der Waals surface area contributed by atoms with E-state index in [2.05, 4.69) is 22.0 Å². The van der Waals surface area contributed by atoms with Gasteiger partial charge in [-0.1, -0.05) is 23.8 Å². The number of ketones is 1. The number of hydrogen-bond acceptors (Lipinski definition) is 9. The van der Waals surface area contributed by atoms with Gasteiger partial charge in [-0.3, -0.25) is 24.1 Å². The minimum atomic E-state index is -3.08. The van der Waals surface area contributed by atoms with Gasteiger partial charge in [0.05, 0.1) is 37.8 Å². The Morgan fingerprint density at radius 1 is 0.977 bits per heavy atom. The smallest absolute Gasteiger partial charge is 0.243 e. The van der Waals surface area contributed by atoms with Crippen LogP contribution in [0.3, 0.4) is 0 Å². The van der Waals surface area contributed by atoms with Gasteiger partial charge >= 0.3 is 0 Å². The lowest BCUT2D eigenvalue weighted by Crippen LogP contribution is -2.57. The van der Waals surface area contributed by atoms with Crippen molar-refractivity contribution >= 4 is 33.3 Å². The van der Waals surface area contributed by atoms with E-state index >= 15 is 0 Å². The SMILES string of the molecule is COc1ccc(C[C@H](NC(=O)[C@H](C)NC(=O)CN2CCS(=O)(=O)CC2)C(=O)N[C@@H](CC2=CCCCC2)C(=O)[C@H]2CO2)cc1. The predicted molar refractivity (Wildman–Crippen MR) is 159 cm³/mol. The van der Waals surface area contributed by atoms with Crippen molar-refractivity contribution in [2.24, 2.45) is 0 Å². The Morgan fingerprint density at radius 2 is 1.65 bits per heavy atom.